The molecule has 0 spiro atoms. The highest BCUT2D eigenvalue weighted by Gasteiger charge is 2.36. The maximum absolute atomic E-state index is 14.2. The van der Waals surface area contributed by atoms with Crippen LogP contribution in [0.25, 0.3) is 0 Å². The number of unbranched alkanes of at least 4 members (excludes halogenated alkanes) is 1. The van der Waals surface area contributed by atoms with Crippen LogP contribution in [-0.4, -0.2) is 99.6 Å². The first-order valence-electron chi connectivity index (χ1n) is 22.4. The van der Waals surface area contributed by atoms with Crippen molar-refractivity contribution in [1.82, 2.24) is 31.9 Å². The summed E-state index contributed by atoms with van der Waals surface area (Å²) in [6.45, 7) is 14.5. The lowest BCUT2D eigenvalue weighted by Gasteiger charge is -2.31. The highest BCUT2D eigenvalue weighted by Crippen LogP contribution is 2.28. The van der Waals surface area contributed by atoms with E-state index in [0.29, 0.717) is 31.6 Å². The lowest BCUT2D eigenvalue weighted by atomic mass is 9.84. The van der Waals surface area contributed by atoms with Crippen LogP contribution < -0.4 is 31.9 Å². The van der Waals surface area contributed by atoms with Crippen molar-refractivity contribution in [3.05, 3.63) is 0 Å². The van der Waals surface area contributed by atoms with Crippen molar-refractivity contribution < 1.29 is 53.4 Å². The van der Waals surface area contributed by atoms with Gasteiger partial charge in [-0.2, -0.15) is 0 Å². The van der Waals surface area contributed by atoms with Crippen LogP contribution >= 0.6 is 0 Å². The second kappa shape index (κ2) is 28.9. The number of amides is 6. The average molecular weight is 865 g/mol. The van der Waals surface area contributed by atoms with Crippen molar-refractivity contribution in [2.45, 2.75) is 201 Å². The summed E-state index contributed by atoms with van der Waals surface area (Å²) < 4.78 is 0. The molecule has 0 aromatic rings. The Labute approximate surface area is 362 Å². The maximum atomic E-state index is 14.2. The summed E-state index contributed by atoms with van der Waals surface area (Å²) in [4.78, 5) is 116. The molecule has 1 aliphatic rings. The highest BCUT2D eigenvalue weighted by molar-refractivity contribution is 5.97. The van der Waals surface area contributed by atoms with E-state index in [-0.39, 0.29) is 30.5 Å². The van der Waals surface area contributed by atoms with Gasteiger partial charge >= 0.3 is 11.9 Å². The van der Waals surface area contributed by atoms with E-state index in [9.17, 15) is 53.4 Å². The number of ketones is 1. The Morgan fingerprint density at radius 2 is 1.13 bits per heavy atom. The molecule has 0 aromatic heterocycles. The first-order chi connectivity index (χ1) is 28.7. The predicted molar refractivity (Wildman–Crippen MR) is 230 cm³/mol. The third-order valence-electron chi connectivity index (χ3n) is 11.2. The second-order valence-electron chi connectivity index (χ2n) is 17.7. The van der Waals surface area contributed by atoms with E-state index < -0.39 is 109 Å². The van der Waals surface area contributed by atoms with Crippen LogP contribution in [0.5, 0.6) is 0 Å². The Hall–Kier alpha value is -4.57. The van der Waals surface area contributed by atoms with Gasteiger partial charge in [0, 0.05) is 32.2 Å². The molecule has 0 aromatic carbocycles. The number of carbonyl (C=O) groups is 9. The lowest BCUT2D eigenvalue weighted by Crippen LogP contribution is -2.60. The molecule has 17 heteroatoms. The number of nitrogens with one attached hydrogen (secondary N) is 6. The Bertz CT molecular complexity index is 1450. The molecule has 1 fully saturated rings. The average Bonchev–Trinajstić information content (AvgIpc) is 3.18. The molecule has 1 rings (SSSR count). The summed E-state index contributed by atoms with van der Waals surface area (Å²) >= 11 is 0. The fourth-order valence-corrected chi connectivity index (χ4v) is 7.47. The van der Waals surface area contributed by atoms with Gasteiger partial charge in [-0.25, -0.2) is 0 Å². The molecule has 1 aliphatic carbocycles. The van der Waals surface area contributed by atoms with Gasteiger partial charge in [-0.3, -0.25) is 43.2 Å². The van der Waals surface area contributed by atoms with Crippen molar-refractivity contribution in [2.75, 3.05) is 0 Å². The minimum atomic E-state index is -1.57. The number of hydrogen-bond donors (Lipinski definition) is 8. The number of carboxylic acids is 2. The molecule has 0 aliphatic heterocycles. The fraction of sp³-hybridized carbons (Fsp3) is 0.795. The quantitative estimate of drug-likeness (QED) is 0.0480. The maximum Gasteiger partial charge on any atom is 0.305 e. The standard InChI is InChI=1S/C44H76N6O11/c1-9-28(7)39(44(61)49-35(23-30-17-12-11-13-18-30)41(58)46-31(10-2)24-32(52)19-15-14-16-26(3)4)50-43(60)34(22-27(5)6)48-40(57)33(20-21-37(53)54)47-42(59)36(25-38(55)56)45-29(8)51/h26-28,30-31,33-36,39H,9-25H2,1-8H3,(H,45,51)(H,46,58)(H,47,59)(H,48,57)(H,49,61)(H,50,60)(H,53,54)(H,55,56)/t28-,31-,33+,34-,35-,36-,39-/m0/s1. The molecule has 0 radical (unpaired) electrons. The second-order valence-corrected chi connectivity index (χ2v) is 17.7. The van der Waals surface area contributed by atoms with Gasteiger partial charge in [0.05, 0.1) is 6.42 Å². The third kappa shape index (κ3) is 22.7. The van der Waals surface area contributed by atoms with E-state index in [1.165, 1.54) is 0 Å². The van der Waals surface area contributed by atoms with Gasteiger partial charge in [0.25, 0.3) is 0 Å². The largest absolute Gasteiger partial charge is 0.481 e. The number of carbonyl (C=O) groups excluding carboxylic acids is 7. The molecule has 61 heavy (non-hydrogen) atoms. The van der Waals surface area contributed by atoms with Crippen LogP contribution in [0, 0.1) is 23.7 Å². The zero-order valence-electron chi connectivity index (χ0n) is 37.9. The Kier molecular flexibility index (Phi) is 25.8. The zero-order chi connectivity index (χ0) is 46.2. The van der Waals surface area contributed by atoms with E-state index in [4.69, 9.17) is 0 Å². The highest BCUT2D eigenvalue weighted by atomic mass is 16.4. The lowest BCUT2D eigenvalue weighted by molar-refractivity contribution is -0.141. The normalized spacial score (nSPS) is 16.5. The smallest absolute Gasteiger partial charge is 0.305 e. The van der Waals surface area contributed by atoms with E-state index in [2.05, 4.69) is 45.7 Å². The molecule has 6 amide bonds. The van der Waals surface area contributed by atoms with Gasteiger partial charge in [-0.15, -0.1) is 0 Å². The SMILES string of the molecule is CC[C@@H](CC(=O)CCCCC(C)C)NC(=O)[C@H](CC1CCCCC1)NC(=O)[C@@H](NC(=O)[C@H](CC(C)C)NC(=O)[C@@H](CCC(=O)O)NC(=O)[C@H](CC(=O)O)NC(C)=O)[C@@H](C)CC. The molecule has 0 unspecified atom stereocenters. The minimum absolute atomic E-state index is 0.0781. The molecule has 0 saturated heterocycles. The summed E-state index contributed by atoms with van der Waals surface area (Å²) in [5.74, 6) is -6.82. The topological polar surface area (TPSA) is 266 Å². The van der Waals surface area contributed by atoms with Crippen LogP contribution in [0.2, 0.25) is 0 Å². The van der Waals surface area contributed by atoms with Crippen molar-refractivity contribution in [3.8, 4) is 0 Å². The fourth-order valence-electron chi connectivity index (χ4n) is 7.47. The van der Waals surface area contributed by atoms with Gasteiger partial charge in [0.1, 0.15) is 36.0 Å². The molecule has 348 valence electrons. The summed E-state index contributed by atoms with van der Waals surface area (Å²) in [5, 5.41) is 34.5. The summed E-state index contributed by atoms with van der Waals surface area (Å²) in [6.07, 6.45) is 8.07. The number of carboxylic acid groups (broad SMARTS) is 2. The number of rotatable bonds is 30. The third-order valence-corrected chi connectivity index (χ3v) is 11.2. The molecular formula is C44H76N6O11. The summed E-state index contributed by atoms with van der Waals surface area (Å²) in [5.41, 5.74) is 0. The van der Waals surface area contributed by atoms with Crippen LogP contribution in [0.15, 0.2) is 0 Å². The summed E-state index contributed by atoms with van der Waals surface area (Å²) in [6, 6.07) is -6.81. The molecule has 0 bridgehead atoms. The van der Waals surface area contributed by atoms with Crippen molar-refractivity contribution in [3.63, 3.8) is 0 Å². The van der Waals surface area contributed by atoms with Crippen LogP contribution in [0.4, 0.5) is 0 Å². The molecule has 7 atom stereocenters. The first kappa shape index (κ1) is 54.4. The Morgan fingerprint density at radius 1 is 0.557 bits per heavy atom. The number of aliphatic carboxylic acids is 2. The van der Waals surface area contributed by atoms with E-state index >= 15 is 0 Å². The van der Waals surface area contributed by atoms with E-state index in [1.807, 2.05) is 13.8 Å². The molecule has 0 heterocycles. The van der Waals surface area contributed by atoms with Gasteiger partial charge in [0.15, 0.2) is 0 Å². The molecule has 17 nitrogen and oxygen atoms in total. The first-order valence-corrected chi connectivity index (χ1v) is 22.4. The predicted octanol–water partition coefficient (Wildman–Crippen LogP) is 3.90. The van der Waals surface area contributed by atoms with Crippen LogP contribution in [0.3, 0.4) is 0 Å². The number of Topliss-reactive ketones (excluding diaryl/α,β-unsaturated/α-hetero) is 1. The molecular weight excluding hydrogens is 789 g/mol. The van der Waals surface area contributed by atoms with Gasteiger partial charge in [-0.1, -0.05) is 99.8 Å². The van der Waals surface area contributed by atoms with Gasteiger partial charge in [0.2, 0.25) is 35.4 Å². The van der Waals surface area contributed by atoms with E-state index in [0.717, 1.165) is 58.3 Å². The van der Waals surface area contributed by atoms with Crippen molar-refractivity contribution in [2.24, 2.45) is 23.7 Å². The van der Waals surface area contributed by atoms with Crippen molar-refractivity contribution in [1.29, 1.82) is 0 Å². The van der Waals surface area contributed by atoms with Gasteiger partial charge < -0.3 is 42.1 Å². The summed E-state index contributed by atoms with van der Waals surface area (Å²) in [7, 11) is 0. The van der Waals surface area contributed by atoms with Crippen molar-refractivity contribution >= 4 is 53.2 Å². The van der Waals surface area contributed by atoms with Crippen LogP contribution in [-0.2, 0) is 43.2 Å². The molecule has 1 saturated carbocycles. The van der Waals surface area contributed by atoms with Crippen LogP contribution in [0.1, 0.15) is 165 Å². The minimum Gasteiger partial charge on any atom is -0.481 e. The number of hydrogen-bond acceptors (Lipinski definition) is 9. The Balaban J connectivity index is 3.32. The monoisotopic (exact) mass is 865 g/mol. The molecule has 8 N–H and O–H groups in total. The van der Waals surface area contributed by atoms with E-state index in [1.54, 1.807) is 20.8 Å². The Morgan fingerprint density at radius 3 is 1.67 bits per heavy atom. The van der Waals surface area contributed by atoms with Gasteiger partial charge in [-0.05, 0) is 55.8 Å². The zero-order valence-corrected chi connectivity index (χ0v) is 37.9.